The summed E-state index contributed by atoms with van der Waals surface area (Å²) in [5, 5.41) is 0. The summed E-state index contributed by atoms with van der Waals surface area (Å²) >= 11 is 0. The number of ketones is 1. The average molecular weight is 268 g/mol. The Morgan fingerprint density at radius 3 is 2.95 bits per heavy atom. The van der Waals surface area contributed by atoms with E-state index in [2.05, 4.69) is 0 Å². The minimum Gasteiger partial charge on any atom is -0.497 e. The quantitative estimate of drug-likeness (QED) is 0.833. The van der Waals surface area contributed by atoms with Crippen LogP contribution in [-0.2, 0) is 11.2 Å². The Kier molecular flexibility index (Phi) is 4.17. The van der Waals surface area contributed by atoms with Gasteiger partial charge in [-0.05, 0) is 30.5 Å². The van der Waals surface area contributed by atoms with E-state index in [0.717, 1.165) is 5.56 Å². The SMILES string of the molecule is COc1cccc(CC(=O)C2CCCC(F)(F)C2)c1. The number of methoxy groups -OCH3 is 1. The summed E-state index contributed by atoms with van der Waals surface area (Å²) in [5.74, 6) is -2.59. The highest BCUT2D eigenvalue weighted by atomic mass is 19.3. The van der Waals surface area contributed by atoms with Crippen molar-refractivity contribution in [2.45, 2.75) is 38.0 Å². The Labute approximate surface area is 111 Å². The number of halogens is 2. The molecule has 0 aromatic heterocycles. The highest BCUT2D eigenvalue weighted by Gasteiger charge is 2.38. The topological polar surface area (TPSA) is 26.3 Å². The molecular weight excluding hydrogens is 250 g/mol. The van der Waals surface area contributed by atoms with Gasteiger partial charge in [-0.2, -0.15) is 0 Å². The molecule has 1 saturated carbocycles. The second-order valence-corrected chi connectivity index (χ2v) is 5.14. The molecule has 1 unspecified atom stereocenters. The molecule has 104 valence electrons. The number of carbonyl (C=O) groups excluding carboxylic acids is 1. The van der Waals surface area contributed by atoms with Gasteiger partial charge in [0.1, 0.15) is 11.5 Å². The molecule has 1 fully saturated rings. The second-order valence-electron chi connectivity index (χ2n) is 5.14. The first-order valence-electron chi connectivity index (χ1n) is 6.54. The van der Waals surface area contributed by atoms with Crippen molar-refractivity contribution in [2.24, 2.45) is 5.92 Å². The maximum atomic E-state index is 13.3. The molecule has 1 aliphatic carbocycles. The molecule has 1 aromatic rings. The van der Waals surface area contributed by atoms with Crippen LogP contribution in [-0.4, -0.2) is 18.8 Å². The van der Waals surface area contributed by atoms with E-state index in [-0.39, 0.29) is 25.0 Å². The third-order valence-corrected chi connectivity index (χ3v) is 3.61. The molecule has 19 heavy (non-hydrogen) atoms. The third-order valence-electron chi connectivity index (χ3n) is 3.61. The molecule has 0 spiro atoms. The third kappa shape index (κ3) is 3.75. The van der Waals surface area contributed by atoms with Gasteiger partial charge in [-0.1, -0.05) is 12.1 Å². The molecule has 1 atom stereocenters. The van der Waals surface area contributed by atoms with E-state index in [1.54, 1.807) is 25.3 Å². The highest BCUT2D eigenvalue weighted by molar-refractivity contribution is 5.83. The van der Waals surface area contributed by atoms with Crippen LogP contribution < -0.4 is 4.74 Å². The van der Waals surface area contributed by atoms with Gasteiger partial charge in [-0.25, -0.2) is 8.78 Å². The van der Waals surface area contributed by atoms with E-state index in [9.17, 15) is 13.6 Å². The van der Waals surface area contributed by atoms with Crippen LogP contribution in [0.2, 0.25) is 0 Å². The molecule has 0 bridgehead atoms. The summed E-state index contributed by atoms with van der Waals surface area (Å²) in [6.07, 6.45) is 0.837. The Bertz CT molecular complexity index is 457. The summed E-state index contributed by atoms with van der Waals surface area (Å²) in [5.41, 5.74) is 0.818. The van der Waals surface area contributed by atoms with Crippen LogP contribution in [0, 0.1) is 5.92 Å². The maximum Gasteiger partial charge on any atom is 0.248 e. The van der Waals surface area contributed by atoms with Crippen molar-refractivity contribution in [1.82, 2.24) is 0 Å². The zero-order valence-electron chi connectivity index (χ0n) is 11.0. The molecule has 0 aliphatic heterocycles. The molecule has 0 radical (unpaired) electrons. The number of ether oxygens (including phenoxy) is 1. The Hall–Kier alpha value is -1.45. The molecule has 0 amide bonds. The highest BCUT2D eigenvalue weighted by Crippen LogP contribution is 2.37. The summed E-state index contributed by atoms with van der Waals surface area (Å²) in [7, 11) is 1.56. The molecule has 0 N–H and O–H groups in total. The van der Waals surface area contributed by atoms with E-state index in [1.807, 2.05) is 6.07 Å². The number of benzene rings is 1. The monoisotopic (exact) mass is 268 g/mol. The van der Waals surface area contributed by atoms with E-state index in [1.165, 1.54) is 0 Å². The largest absolute Gasteiger partial charge is 0.497 e. The molecule has 1 aliphatic rings. The summed E-state index contributed by atoms with van der Waals surface area (Å²) in [4.78, 5) is 12.1. The number of carbonyl (C=O) groups is 1. The van der Waals surface area contributed by atoms with Crippen molar-refractivity contribution in [1.29, 1.82) is 0 Å². The molecule has 4 heteroatoms. The van der Waals surface area contributed by atoms with Gasteiger partial charge in [-0.15, -0.1) is 0 Å². The smallest absolute Gasteiger partial charge is 0.248 e. The van der Waals surface area contributed by atoms with Crippen LogP contribution in [0.25, 0.3) is 0 Å². The van der Waals surface area contributed by atoms with Crippen molar-refractivity contribution in [2.75, 3.05) is 7.11 Å². The summed E-state index contributed by atoms with van der Waals surface area (Å²) in [6, 6.07) is 7.19. The minimum atomic E-state index is -2.67. The van der Waals surface area contributed by atoms with Crippen molar-refractivity contribution >= 4 is 5.78 Å². The summed E-state index contributed by atoms with van der Waals surface area (Å²) < 4.78 is 31.7. The standard InChI is InChI=1S/C15H18F2O2/c1-19-13-6-2-4-11(8-13)9-14(18)12-5-3-7-15(16,17)10-12/h2,4,6,8,12H,3,5,7,9-10H2,1H3. The summed E-state index contributed by atoms with van der Waals surface area (Å²) in [6.45, 7) is 0. The lowest BCUT2D eigenvalue weighted by molar-refractivity contribution is -0.129. The molecule has 0 heterocycles. The number of hydrogen-bond acceptors (Lipinski definition) is 2. The fourth-order valence-electron chi connectivity index (χ4n) is 2.57. The lowest BCUT2D eigenvalue weighted by Gasteiger charge is -2.27. The molecular formula is C15H18F2O2. The first-order valence-corrected chi connectivity index (χ1v) is 6.54. The first kappa shape index (κ1) is 14.0. The fourth-order valence-corrected chi connectivity index (χ4v) is 2.57. The second kappa shape index (κ2) is 5.68. The van der Waals surface area contributed by atoms with Gasteiger partial charge in [0.25, 0.3) is 0 Å². The Morgan fingerprint density at radius 1 is 1.47 bits per heavy atom. The predicted molar refractivity (Wildman–Crippen MR) is 68.6 cm³/mol. The van der Waals surface area contributed by atoms with E-state index in [4.69, 9.17) is 4.74 Å². The minimum absolute atomic E-state index is 0.0874. The van der Waals surface area contributed by atoms with Crippen LogP contribution in [0.1, 0.15) is 31.2 Å². The average Bonchev–Trinajstić information content (AvgIpc) is 2.37. The predicted octanol–water partition coefficient (Wildman–Crippen LogP) is 3.63. The number of Topliss-reactive ketones (excluding diaryl/α,β-unsaturated/α-hetero) is 1. The lowest BCUT2D eigenvalue weighted by atomic mass is 9.82. The Balaban J connectivity index is 2.00. The lowest BCUT2D eigenvalue weighted by Crippen LogP contribution is -2.31. The van der Waals surface area contributed by atoms with E-state index in [0.29, 0.717) is 18.6 Å². The normalized spacial score (nSPS) is 21.9. The maximum absolute atomic E-state index is 13.3. The van der Waals surface area contributed by atoms with Crippen molar-refractivity contribution in [3.63, 3.8) is 0 Å². The van der Waals surface area contributed by atoms with Gasteiger partial charge >= 0.3 is 0 Å². The van der Waals surface area contributed by atoms with Gasteiger partial charge in [0.15, 0.2) is 0 Å². The van der Waals surface area contributed by atoms with Gasteiger partial charge in [0.05, 0.1) is 7.11 Å². The fraction of sp³-hybridized carbons (Fsp3) is 0.533. The van der Waals surface area contributed by atoms with Crippen LogP contribution in [0.4, 0.5) is 8.78 Å². The molecule has 2 rings (SSSR count). The van der Waals surface area contributed by atoms with Gasteiger partial charge in [-0.3, -0.25) is 4.79 Å². The van der Waals surface area contributed by atoms with Crippen molar-refractivity contribution in [3.8, 4) is 5.75 Å². The number of alkyl halides is 2. The number of hydrogen-bond donors (Lipinski definition) is 0. The van der Waals surface area contributed by atoms with Crippen LogP contribution in [0.5, 0.6) is 5.75 Å². The van der Waals surface area contributed by atoms with Gasteiger partial charge in [0, 0.05) is 25.2 Å². The van der Waals surface area contributed by atoms with Crippen LogP contribution in [0.3, 0.4) is 0 Å². The zero-order chi connectivity index (χ0) is 13.9. The molecule has 0 saturated heterocycles. The molecule has 1 aromatic carbocycles. The van der Waals surface area contributed by atoms with Crippen LogP contribution in [0.15, 0.2) is 24.3 Å². The number of rotatable bonds is 4. The van der Waals surface area contributed by atoms with E-state index >= 15 is 0 Å². The first-order chi connectivity index (χ1) is 9.00. The van der Waals surface area contributed by atoms with Crippen molar-refractivity contribution < 1.29 is 18.3 Å². The van der Waals surface area contributed by atoms with E-state index < -0.39 is 11.8 Å². The molecule has 2 nitrogen and oxygen atoms in total. The Morgan fingerprint density at radius 2 is 2.26 bits per heavy atom. The van der Waals surface area contributed by atoms with Crippen LogP contribution >= 0.6 is 0 Å². The van der Waals surface area contributed by atoms with Gasteiger partial charge < -0.3 is 4.74 Å². The van der Waals surface area contributed by atoms with Gasteiger partial charge in [0.2, 0.25) is 5.92 Å². The van der Waals surface area contributed by atoms with Crippen molar-refractivity contribution in [3.05, 3.63) is 29.8 Å². The zero-order valence-corrected chi connectivity index (χ0v) is 11.0.